The van der Waals surface area contributed by atoms with Crippen LogP contribution in [-0.4, -0.2) is 25.2 Å². The van der Waals surface area contributed by atoms with Crippen molar-refractivity contribution in [3.8, 4) is 11.5 Å². The highest BCUT2D eigenvalue weighted by Gasteiger charge is 2.17. The molecular formula is C23H31NO3. The van der Waals surface area contributed by atoms with E-state index in [-0.39, 0.29) is 5.91 Å². The van der Waals surface area contributed by atoms with E-state index >= 15 is 0 Å². The Hall–Kier alpha value is -2.49. The van der Waals surface area contributed by atoms with Gasteiger partial charge in [0.25, 0.3) is 5.91 Å². The Balaban J connectivity index is 1.73. The van der Waals surface area contributed by atoms with Gasteiger partial charge in [-0.2, -0.15) is 0 Å². The number of ether oxygens (including phenoxy) is 2. The quantitative estimate of drug-likeness (QED) is 0.591. The van der Waals surface area contributed by atoms with Crippen LogP contribution in [0.4, 0.5) is 0 Å². The minimum atomic E-state index is -0.456. The van der Waals surface area contributed by atoms with Gasteiger partial charge in [0.15, 0.2) is 6.10 Å². The van der Waals surface area contributed by atoms with Gasteiger partial charge in [-0.25, -0.2) is 0 Å². The molecule has 0 aliphatic rings. The monoisotopic (exact) mass is 369 g/mol. The summed E-state index contributed by atoms with van der Waals surface area (Å²) in [7, 11) is 0. The second-order valence-corrected chi connectivity index (χ2v) is 6.48. The van der Waals surface area contributed by atoms with E-state index in [1.165, 1.54) is 11.1 Å². The van der Waals surface area contributed by atoms with Crippen LogP contribution in [0.3, 0.4) is 0 Å². The van der Waals surface area contributed by atoms with Gasteiger partial charge in [-0.3, -0.25) is 4.79 Å². The van der Waals surface area contributed by atoms with E-state index in [1.807, 2.05) is 50.2 Å². The maximum atomic E-state index is 12.4. The van der Waals surface area contributed by atoms with Crippen LogP contribution in [0.5, 0.6) is 11.5 Å². The molecule has 146 valence electrons. The summed E-state index contributed by atoms with van der Waals surface area (Å²) in [5.41, 5.74) is 2.50. The van der Waals surface area contributed by atoms with E-state index < -0.39 is 6.10 Å². The van der Waals surface area contributed by atoms with Gasteiger partial charge in [-0.05, 0) is 68.0 Å². The molecule has 1 amide bonds. The number of carbonyl (C=O) groups is 1. The van der Waals surface area contributed by atoms with Crippen LogP contribution in [0.15, 0.2) is 48.5 Å². The van der Waals surface area contributed by atoms with Crippen LogP contribution in [0.2, 0.25) is 0 Å². The SMILES string of the molecule is CCOc1ccc(CCCNC(=O)[C@@H](CC)Oc2ccc(CC)cc2)cc1. The molecule has 2 aromatic rings. The van der Waals surface area contributed by atoms with E-state index in [4.69, 9.17) is 9.47 Å². The fourth-order valence-electron chi connectivity index (χ4n) is 2.83. The van der Waals surface area contributed by atoms with Crippen molar-refractivity contribution in [2.24, 2.45) is 0 Å². The summed E-state index contributed by atoms with van der Waals surface area (Å²) in [6, 6.07) is 16.1. The van der Waals surface area contributed by atoms with Crippen molar-refractivity contribution in [3.05, 3.63) is 59.7 Å². The predicted octanol–water partition coefficient (Wildman–Crippen LogP) is 4.55. The van der Waals surface area contributed by atoms with Crippen molar-refractivity contribution in [1.82, 2.24) is 5.32 Å². The molecule has 0 bridgehead atoms. The fourth-order valence-corrected chi connectivity index (χ4v) is 2.83. The zero-order chi connectivity index (χ0) is 19.5. The first-order valence-corrected chi connectivity index (χ1v) is 9.91. The Kier molecular flexibility index (Phi) is 8.69. The lowest BCUT2D eigenvalue weighted by Crippen LogP contribution is -2.38. The third kappa shape index (κ3) is 6.97. The molecule has 0 saturated carbocycles. The van der Waals surface area contributed by atoms with Gasteiger partial charge in [0.05, 0.1) is 6.61 Å². The summed E-state index contributed by atoms with van der Waals surface area (Å²) >= 11 is 0. The van der Waals surface area contributed by atoms with Crippen LogP contribution in [-0.2, 0) is 17.6 Å². The minimum absolute atomic E-state index is 0.0521. The Morgan fingerprint density at radius 1 is 0.926 bits per heavy atom. The third-order valence-electron chi connectivity index (χ3n) is 4.45. The number of aryl methyl sites for hydroxylation is 2. The van der Waals surface area contributed by atoms with E-state index in [2.05, 4.69) is 24.4 Å². The number of amides is 1. The fraction of sp³-hybridized carbons (Fsp3) is 0.435. The molecule has 27 heavy (non-hydrogen) atoms. The van der Waals surface area contributed by atoms with Gasteiger partial charge in [-0.1, -0.05) is 38.1 Å². The third-order valence-corrected chi connectivity index (χ3v) is 4.45. The molecule has 0 aromatic heterocycles. The predicted molar refractivity (Wildman–Crippen MR) is 109 cm³/mol. The Morgan fingerprint density at radius 2 is 1.56 bits per heavy atom. The Morgan fingerprint density at radius 3 is 2.15 bits per heavy atom. The molecule has 0 aliphatic heterocycles. The molecule has 0 aliphatic carbocycles. The van der Waals surface area contributed by atoms with E-state index in [1.54, 1.807) is 0 Å². The summed E-state index contributed by atoms with van der Waals surface area (Å²) in [5.74, 6) is 1.58. The van der Waals surface area contributed by atoms with Crippen molar-refractivity contribution < 1.29 is 14.3 Å². The maximum Gasteiger partial charge on any atom is 0.261 e. The average molecular weight is 370 g/mol. The molecule has 2 rings (SSSR count). The second-order valence-electron chi connectivity index (χ2n) is 6.48. The average Bonchev–Trinajstić information content (AvgIpc) is 2.71. The van der Waals surface area contributed by atoms with E-state index in [0.29, 0.717) is 19.6 Å². The summed E-state index contributed by atoms with van der Waals surface area (Å²) in [5, 5.41) is 2.99. The molecule has 1 atom stereocenters. The highest BCUT2D eigenvalue weighted by Crippen LogP contribution is 2.16. The molecule has 0 spiro atoms. The maximum absolute atomic E-state index is 12.4. The van der Waals surface area contributed by atoms with Crippen LogP contribution in [0.25, 0.3) is 0 Å². The lowest BCUT2D eigenvalue weighted by atomic mass is 10.1. The molecule has 2 aromatic carbocycles. The molecule has 0 fully saturated rings. The minimum Gasteiger partial charge on any atom is -0.494 e. The molecule has 1 N–H and O–H groups in total. The molecule has 0 radical (unpaired) electrons. The van der Waals surface area contributed by atoms with E-state index in [0.717, 1.165) is 30.8 Å². The molecule has 4 nitrogen and oxygen atoms in total. The molecule has 0 unspecified atom stereocenters. The van der Waals surface area contributed by atoms with Crippen LogP contribution >= 0.6 is 0 Å². The van der Waals surface area contributed by atoms with Gasteiger partial charge in [0.2, 0.25) is 0 Å². The smallest absolute Gasteiger partial charge is 0.261 e. The van der Waals surface area contributed by atoms with Crippen LogP contribution in [0.1, 0.15) is 44.7 Å². The number of carbonyl (C=O) groups excluding carboxylic acids is 1. The summed E-state index contributed by atoms with van der Waals surface area (Å²) in [4.78, 5) is 12.4. The zero-order valence-electron chi connectivity index (χ0n) is 16.7. The molecule has 0 heterocycles. The van der Waals surface area contributed by atoms with Gasteiger partial charge in [0, 0.05) is 6.54 Å². The van der Waals surface area contributed by atoms with Crippen LogP contribution in [0, 0.1) is 0 Å². The first kappa shape index (κ1) is 20.8. The first-order chi connectivity index (χ1) is 13.2. The van der Waals surface area contributed by atoms with Crippen molar-refractivity contribution in [2.45, 2.75) is 52.6 Å². The highest BCUT2D eigenvalue weighted by atomic mass is 16.5. The lowest BCUT2D eigenvalue weighted by molar-refractivity contribution is -0.128. The summed E-state index contributed by atoms with van der Waals surface area (Å²) in [6.45, 7) is 7.37. The second kappa shape index (κ2) is 11.3. The van der Waals surface area contributed by atoms with Crippen molar-refractivity contribution in [2.75, 3.05) is 13.2 Å². The Bertz CT molecular complexity index is 680. The topological polar surface area (TPSA) is 47.6 Å². The largest absolute Gasteiger partial charge is 0.494 e. The normalized spacial score (nSPS) is 11.7. The summed E-state index contributed by atoms with van der Waals surface area (Å²) < 4.78 is 11.3. The van der Waals surface area contributed by atoms with Crippen molar-refractivity contribution in [3.63, 3.8) is 0 Å². The number of benzene rings is 2. The van der Waals surface area contributed by atoms with E-state index in [9.17, 15) is 4.79 Å². The standard InChI is InChI=1S/C23H31NO3/c1-4-18-9-15-21(16-10-18)27-22(5-2)23(25)24-17-7-8-19-11-13-20(14-12-19)26-6-3/h9-16,22H,4-8,17H2,1-3H3,(H,24,25)/t22-/m1/s1. The van der Waals surface area contributed by atoms with Gasteiger partial charge in [-0.15, -0.1) is 0 Å². The first-order valence-electron chi connectivity index (χ1n) is 9.91. The summed E-state index contributed by atoms with van der Waals surface area (Å²) in [6.07, 6.45) is 2.99. The number of hydrogen-bond acceptors (Lipinski definition) is 3. The lowest BCUT2D eigenvalue weighted by Gasteiger charge is -2.17. The van der Waals surface area contributed by atoms with Gasteiger partial charge >= 0.3 is 0 Å². The highest BCUT2D eigenvalue weighted by molar-refractivity contribution is 5.81. The number of nitrogens with one attached hydrogen (secondary N) is 1. The molecule has 4 heteroatoms. The molecular weight excluding hydrogens is 338 g/mol. The number of hydrogen-bond donors (Lipinski definition) is 1. The van der Waals surface area contributed by atoms with Gasteiger partial charge < -0.3 is 14.8 Å². The van der Waals surface area contributed by atoms with Crippen molar-refractivity contribution >= 4 is 5.91 Å². The van der Waals surface area contributed by atoms with Crippen molar-refractivity contribution in [1.29, 1.82) is 0 Å². The molecule has 0 saturated heterocycles. The zero-order valence-corrected chi connectivity index (χ0v) is 16.7. The van der Waals surface area contributed by atoms with Crippen LogP contribution < -0.4 is 14.8 Å². The Labute approximate surface area is 162 Å². The number of rotatable bonds is 11. The van der Waals surface area contributed by atoms with Gasteiger partial charge in [0.1, 0.15) is 11.5 Å².